The number of hydrogen-bond donors (Lipinski definition) is 2. The van der Waals surface area contributed by atoms with Gasteiger partial charge in [-0.1, -0.05) is 18.2 Å². The van der Waals surface area contributed by atoms with Crippen molar-refractivity contribution in [1.29, 1.82) is 0 Å². The molecule has 6 nitrogen and oxygen atoms in total. The average Bonchev–Trinajstić information content (AvgIpc) is 2.97. The van der Waals surface area contributed by atoms with E-state index in [0.29, 0.717) is 22.6 Å². The molecule has 3 rings (SSSR count). The molecule has 0 bridgehead atoms. The molecule has 0 spiro atoms. The molecule has 9 heteroatoms. The fourth-order valence-electron chi connectivity index (χ4n) is 2.08. The van der Waals surface area contributed by atoms with Gasteiger partial charge in [0.1, 0.15) is 17.8 Å². The Balaban J connectivity index is 2.12. The maximum atomic E-state index is 13.0. The predicted molar refractivity (Wildman–Crippen MR) is 73.3 cm³/mol. The molecule has 1 aromatic heterocycles. The molecule has 0 fully saturated rings. The summed E-state index contributed by atoms with van der Waals surface area (Å²) >= 11 is 0. The Labute approximate surface area is 123 Å². The Kier molecular flexibility index (Phi) is 3.24. The zero-order valence-electron chi connectivity index (χ0n) is 11.0. The van der Waals surface area contributed by atoms with Crippen LogP contribution in [0, 0.1) is 0 Å². The van der Waals surface area contributed by atoms with Crippen molar-refractivity contribution in [2.24, 2.45) is 5.10 Å². The highest BCUT2D eigenvalue weighted by molar-refractivity contribution is 5.83. The normalized spacial score (nSPS) is 14.3. The lowest BCUT2D eigenvalue weighted by molar-refractivity contribution is -0.218. The zero-order valence-corrected chi connectivity index (χ0v) is 11.0. The quantitative estimate of drug-likeness (QED) is 0.834. The Morgan fingerprint density at radius 1 is 1.14 bits per heavy atom. The largest absolute Gasteiger partial charge is 0.506 e. The van der Waals surface area contributed by atoms with Crippen molar-refractivity contribution in [2.75, 3.05) is 5.12 Å². The third-order valence-corrected chi connectivity index (χ3v) is 2.99. The van der Waals surface area contributed by atoms with E-state index in [0.717, 1.165) is 0 Å². The number of aromatic hydroxyl groups is 1. The maximum absolute atomic E-state index is 13.0. The number of hydrazine groups is 2. The lowest BCUT2D eigenvalue weighted by Gasteiger charge is -2.31. The van der Waals surface area contributed by atoms with Crippen LogP contribution >= 0.6 is 0 Å². The number of anilines is 1. The predicted octanol–water partition coefficient (Wildman–Crippen LogP) is 2.46. The molecule has 0 aliphatic carbocycles. The van der Waals surface area contributed by atoms with Crippen molar-refractivity contribution in [1.82, 2.24) is 15.5 Å². The van der Waals surface area contributed by atoms with Gasteiger partial charge in [-0.3, -0.25) is 4.98 Å². The van der Waals surface area contributed by atoms with Gasteiger partial charge >= 0.3 is 6.30 Å². The minimum atomic E-state index is -4.69. The molecule has 0 saturated carbocycles. The van der Waals surface area contributed by atoms with E-state index in [2.05, 4.69) is 15.6 Å². The van der Waals surface area contributed by atoms with Crippen molar-refractivity contribution in [2.45, 2.75) is 6.30 Å². The lowest BCUT2D eigenvalue weighted by atomic mass is 10.1. The van der Waals surface area contributed by atoms with Gasteiger partial charge in [0.2, 0.25) is 0 Å². The number of nitrogens with one attached hydrogen (secondary N) is 1. The summed E-state index contributed by atoms with van der Waals surface area (Å²) in [5.74, 6) is -0.325. The average molecular weight is 309 g/mol. The highest BCUT2D eigenvalue weighted by Crippen LogP contribution is 2.40. The monoisotopic (exact) mass is 309 g/mol. The number of pyridine rings is 1. The van der Waals surface area contributed by atoms with E-state index >= 15 is 0 Å². The van der Waals surface area contributed by atoms with Crippen molar-refractivity contribution in [3.8, 4) is 16.9 Å². The van der Waals surface area contributed by atoms with Crippen molar-refractivity contribution in [3.05, 3.63) is 42.7 Å². The molecule has 0 atom stereocenters. The van der Waals surface area contributed by atoms with Gasteiger partial charge in [-0.2, -0.15) is 15.7 Å². The summed E-state index contributed by atoms with van der Waals surface area (Å²) in [7, 11) is 0. The summed E-state index contributed by atoms with van der Waals surface area (Å²) in [4.78, 5) is 3.94. The molecule has 1 aromatic carbocycles. The van der Waals surface area contributed by atoms with Gasteiger partial charge in [-0.15, -0.1) is 18.3 Å². The fourth-order valence-corrected chi connectivity index (χ4v) is 2.08. The van der Waals surface area contributed by atoms with Crippen LogP contribution in [0.3, 0.4) is 0 Å². The lowest BCUT2D eigenvalue weighted by Crippen LogP contribution is -2.50. The minimum Gasteiger partial charge on any atom is -0.506 e. The van der Waals surface area contributed by atoms with Crippen molar-refractivity contribution in [3.63, 3.8) is 0 Å². The van der Waals surface area contributed by atoms with Crippen molar-refractivity contribution < 1.29 is 18.3 Å². The van der Waals surface area contributed by atoms with Gasteiger partial charge in [0.15, 0.2) is 0 Å². The third-order valence-electron chi connectivity index (χ3n) is 2.99. The molecule has 0 unspecified atom stereocenters. The summed E-state index contributed by atoms with van der Waals surface area (Å²) in [6.45, 7) is 0. The van der Waals surface area contributed by atoms with Crippen LogP contribution in [0.2, 0.25) is 0 Å². The SMILES string of the molecule is Oc1cccc(-c2cccnc2)c1N1NN=CN1C(F)(F)F. The first-order valence-corrected chi connectivity index (χ1v) is 6.16. The van der Waals surface area contributed by atoms with Gasteiger partial charge in [0.05, 0.1) is 0 Å². The number of para-hydroxylation sites is 1. The molecule has 22 heavy (non-hydrogen) atoms. The molecule has 2 N–H and O–H groups in total. The molecule has 1 aliphatic rings. The van der Waals surface area contributed by atoms with E-state index in [1.807, 2.05) is 0 Å². The minimum absolute atomic E-state index is 0.0675. The van der Waals surface area contributed by atoms with E-state index in [1.54, 1.807) is 24.4 Å². The number of nitrogens with zero attached hydrogens (tertiary/aromatic N) is 4. The molecule has 1 aliphatic heterocycles. The summed E-state index contributed by atoms with van der Waals surface area (Å²) in [5, 5.41) is 14.0. The van der Waals surface area contributed by atoms with Gasteiger partial charge in [-0.05, 0) is 12.1 Å². The number of rotatable bonds is 2. The second-order valence-electron chi connectivity index (χ2n) is 4.38. The van der Waals surface area contributed by atoms with E-state index in [1.165, 1.54) is 18.3 Å². The summed E-state index contributed by atoms with van der Waals surface area (Å²) in [6.07, 6.45) is -1.07. The standard InChI is InChI=1S/C13H10F3N5O/c14-13(15,16)20-8-18-19-21(20)12-10(4-1-5-11(12)22)9-3-2-6-17-7-9/h1-8,19,22H. The van der Waals surface area contributed by atoms with Gasteiger partial charge in [0, 0.05) is 23.5 Å². The van der Waals surface area contributed by atoms with E-state index in [9.17, 15) is 18.3 Å². The van der Waals surface area contributed by atoms with E-state index in [-0.39, 0.29) is 16.4 Å². The second-order valence-corrected chi connectivity index (χ2v) is 4.38. The van der Waals surface area contributed by atoms with Crippen LogP contribution in [0.5, 0.6) is 5.75 Å². The number of alkyl halides is 3. The molecule has 2 aromatic rings. The molecular weight excluding hydrogens is 299 g/mol. The number of phenols is 1. The Bertz CT molecular complexity index is 705. The smallest absolute Gasteiger partial charge is 0.505 e. The molecule has 2 heterocycles. The number of hydrazone groups is 1. The first kappa shape index (κ1) is 14.0. The molecule has 0 amide bonds. The number of halogens is 3. The van der Waals surface area contributed by atoms with Crippen LogP contribution in [0.25, 0.3) is 11.1 Å². The highest BCUT2D eigenvalue weighted by Gasteiger charge is 2.44. The van der Waals surface area contributed by atoms with Crippen LogP contribution in [-0.4, -0.2) is 27.7 Å². The molecule has 0 radical (unpaired) electrons. The Hall–Kier alpha value is -2.97. The Morgan fingerprint density at radius 3 is 2.64 bits per heavy atom. The number of aromatic nitrogens is 1. The van der Waals surface area contributed by atoms with Gasteiger partial charge in [-0.25, -0.2) is 0 Å². The van der Waals surface area contributed by atoms with Gasteiger partial charge < -0.3 is 5.11 Å². The number of benzene rings is 1. The first-order chi connectivity index (χ1) is 10.5. The van der Waals surface area contributed by atoms with Crippen LogP contribution in [0.15, 0.2) is 47.8 Å². The summed E-state index contributed by atoms with van der Waals surface area (Å²) < 4.78 is 39.1. The number of phenolic OH excluding ortho intramolecular Hbond substituents is 1. The highest BCUT2D eigenvalue weighted by atomic mass is 19.4. The molecular formula is C13H10F3N5O. The molecule has 0 saturated heterocycles. The third kappa shape index (κ3) is 2.36. The second kappa shape index (κ2) is 5.10. The number of hydrogen-bond acceptors (Lipinski definition) is 6. The van der Waals surface area contributed by atoms with Crippen molar-refractivity contribution >= 4 is 12.0 Å². The Morgan fingerprint density at radius 2 is 1.95 bits per heavy atom. The van der Waals surface area contributed by atoms with Crippen LogP contribution in [0.4, 0.5) is 18.9 Å². The van der Waals surface area contributed by atoms with E-state index < -0.39 is 6.30 Å². The summed E-state index contributed by atoms with van der Waals surface area (Å²) in [6, 6.07) is 7.75. The van der Waals surface area contributed by atoms with Crippen LogP contribution in [-0.2, 0) is 0 Å². The summed E-state index contributed by atoms with van der Waals surface area (Å²) in [5.41, 5.74) is 3.07. The van der Waals surface area contributed by atoms with Gasteiger partial charge in [0.25, 0.3) is 0 Å². The topological polar surface area (TPSA) is 64.0 Å². The van der Waals surface area contributed by atoms with Crippen LogP contribution < -0.4 is 10.7 Å². The fraction of sp³-hybridized carbons (Fsp3) is 0.0769. The zero-order chi connectivity index (χ0) is 15.7. The first-order valence-electron chi connectivity index (χ1n) is 6.16. The maximum Gasteiger partial charge on any atom is 0.505 e. The van der Waals surface area contributed by atoms with E-state index in [4.69, 9.17) is 0 Å². The van der Waals surface area contributed by atoms with Crippen LogP contribution in [0.1, 0.15) is 0 Å². The molecule has 114 valence electrons.